The lowest BCUT2D eigenvalue weighted by Gasteiger charge is -2.29. The molecule has 1 aromatic rings. The second-order valence-corrected chi connectivity index (χ2v) is 6.28. The maximum absolute atomic E-state index is 13.0. The maximum Gasteiger partial charge on any atom is 0.153 e. The average molecular weight is 259 g/mol. The van der Waals surface area contributed by atoms with E-state index in [-0.39, 0.29) is 18.1 Å². The van der Waals surface area contributed by atoms with Gasteiger partial charge in [-0.05, 0) is 6.07 Å². The summed E-state index contributed by atoms with van der Waals surface area (Å²) in [5.74, 6) is 0.370. The van der Waals surface area contributed by atoms with Crippen LogP contribution in [0.2, 0.25) is 0 Å². The molecule has 0 bridgehead atoms. The standard InChI is InChI=1S/C10H14FN3O2S/c11-9-5-8(6-12)10(13-7-9)14-1-3-17(15,16)4-2-14/h5,7H,1-4,6,12H2. The first-order chi connectivity index (χ1) is 8.02. The van der Waals surface area contributed by atoms with E-state index in [1.54, 1.807) is 0 Å². The number of rotatable bonds is 2. The molecule has 1 saturated heterocycles. The number of pyridine rings is 1. The Kier molecular flexibility index (Phi) is 3.30. The van der Waals surface area contributed by atoms with Crippen molar-refractivity contribution in [2.75, 3.05) is 29.5 Å². The van der Waals surface area contributed by atoms with Crippen LogP contribution in [0.5, 0.6) is 0 Å². The fraction of sp³-hybridized carbons (Fsp3) is 0.500. The van der Waals surface area contributed by atoms with Crippen LogP contribution in [0.3, 0.4) is 0 Å². The van der Waals surface area contributed by atoms with Crippen molar-refractivity contribution in [2.45, 2.75) is 6.54 Å². The van der Waals surface area contributed by atoms with Gasteiger partial charge in [-0.2, -0.15) is 0 Å². The van der Waals surface area contributed by atoms with Gasteiger partial charge in [0.15, 0.2) is 9.84 Å². The van der Waals surface area contributed by atoms with Crippen molar-refractivity contribution in [3.05, 3.63) is 23.6 Å². The second-order valence-electron chi connectivity index (χ2n) is 3.98. The lowest BCUT2D eigenvalue weighted by molar-refractivity contribution is 0.585. The van der Waals surface area contributed by atoms with E-state index in [9.17, 15) is 12.8 Å². The molecule has 0 aliphatic carbocycles. The van der Waals surface area contributed by atoms with Crippen LogP contribution in [0.15, 0.2) is 12.3 Å². The van der Waals surface area contributed by atoms with Crippen LogP contribution in [0, 0.1) is 5.82 Å². The minimum Gasteiger partial charge on any atom is -0.354 e. The van der Waals surface area contributed by atoms with Gasteiger partial charge in [0.1, 0.15) is 11.6 Å². The van der Waals surface area contributed by atoms with Gasteiger partial charge in [0, 0.05) is 25.2 Å². The second kappa shape index (κ2) is 4.58. The van der Waals surface area contributed by atoms with E-state index in [0.717, 1.165) is 6.20 Å². The highest BCUT2D eigenvalue weighted by atomic mass is 32.2. The third kappa shape index (κ3) is 2.73. The third-order valence-electron chi connectivity index (χ3n) is 2.77. The van der Waals surface area contributed by atoms with E-state index in [0.29, 0.717) is 24.5 Å². The summed E-state index contributed by atoms with van der Waals surface area (Å²) >= 11 is 0. The summed E-state index contributed by atoms with van der Waals surface area (Å²) in [6.45, 7) is 0.950. The Morgan fingerprint density at radius 2 is 2.06 bits per heavy atom. The van der Waals surface area contributed by atoms with E-state index in [1.165, 1.54) is 6.07 Å². The molecule has 2 rings (SSSR count). The summed E-state index contributed by atoms with van der Waals surface area (Å²) in [6.07, 6.45) is 1.12. The topological polar surface area (TPSA) is 76.3 Å². The van der Waals surface area contributed by atoms with Gasteiger partial charge in [-0.15, -0.1) is 0 Å². The average Bonchev–Trinajstić information content (AvgIpc) is 2.29. The Bertz CT molecular complexity index is 504. The quantitative estimate of drug-likeness (QED) is 0.803. The highest BCUT2D eigenvalue weighted by Gasteiger charge is 2.23. The summed E-state index contributed by atoms with van der Waals surface area (Å²) in [4.78, 5) is 5.83. The molecule has 2 heterocycles. The molecule has 94 valence electrons. The molecule has 0 unspecified atom stereocenters. The number of anilines is 1. The summed E-state index contributed by atoms with van der Waals surface area (Å²) < 4.78 is 35.6. The number of hydrogen-bond acceptors (Lipinski definition) is 5. The number of aromatic nitrogens is 1. The first kappa shape index (κ1) is 12.3. The molecule has 17 heavy (non-hydrogen) atoms. The summed E-state index contributed by atoms with van der Waals surface area (Å²) in [6, 6.07) is 1.34. The minimum absolute atomic E-state index is 0.107. The van der Waals surface area contributed by atoms with Crippen molar-refractivity contribution in [2.24, 2.45) is 5.73 Å². The Morgan fingerprint density at radius 1 is 1.41 bits per heavy atom. The van der Waals surface area contributed by atoms with Gasteiger partial charge in [-0.3, -0.25) is 0 Å². The SMILES string of the molecule is NCc1cc(F)cnc1N1CCS(=O)(=O)CC1. The zero-order valence-corrected chi connectivity index (χ0v) is 10.1. The highest BCUT2D eigenvalue weighted by molar-refractivity contribution is 7.91. The van der Waals surface area contributed by atoms with Crippen molar-refractivity contribution in [1.29, 1.82) is 0 Å². The fourth-order valence-corrected chi connectivity index (χ4v) is 3.03. The molecule has 0 aromatic carbocycles. The lowest BCUT2D eigenvalue weighted by atomic mass is 10.2. The Hall–Kier alpha value is -1.21. The molecular weight excluding hydrogens is 245 g/mol. The van der Waals surface area contributed by atoms with Crippen LogP contribution in [-0.2, 0) is 16.4 Å². The number of sulfone groups is 1. The van der Waals surface area contributed by atoms with Gasteiger partial charge < -0.3 is 10.6 Å². The van der Waals surface area contributed by atoms with Crippen molar-refractivity contribution in [1.82, 2.24) is 4.98 Å². The lowest BCUT2D eigenvalue weighted by Crippen LogP contribution is -2.41. The zero-order chi connectivity index (χ0) is 12.5. The first-order valence-corrected chi connectivity index (χ1v) is 7.14. The Balaban J connectivity index is 2.24. The molecule has 0 spiro atoms. The van der Waals surface area contributed by atoms with Crippen molar-refractivity contribution < 1.29 is 12.8 Å². The summed E-state index contributed by atoms with van der Waals surface area (Å²) in [5.41, 5.74) is 6.13. The van der Waals surface area contributed by atoms with Gasteiger partial charge in [-0.1, -0.05) is 0 Å². The van der Waals surface area contributed by atoms with Gasteiger partial charge in [0.25, 0.3) is 0 Å². The first-order valence-electron chi connectivity index (χ1n) is 5.32. The molecule has 5 nitrogen and oxygen atoms in total. The predicted molar refractivity (Wildman–Crippen MR) is 63.0 cm³/mol. The highest BCUT2D eigenvalue weighted by Crippen LogP contribution is 2.20. The summed E-state index contributed by atoms with van der Waals surface area (Å²) in [5, 5.41) is 0. The van der Waals surface area contributed by atoms with E-state index < -0.39 is 15.7 Å². The smallest absolute Gasteiger partial charge is 0.153 e. The summed E-state index contributed by atoms with van der Waals surface area (Å²) in [7, 11) is -2.93. The van der Waals surface area contributed by atoms with Crippen molar-refractivity contribution in [3.8, 4) is 0 Å². The Labute approximate surface area is 99.4 Å². The van der Waals surface area contributed by atoms with E-state index in [2.05, 4.69) is 4.98 Å². The zero-order valence-electron chi connectivity index (χ0n) is 9.26. The van der Waals surface area contributed by atoms with Crippen LogP contribution < -0.4 is 10.6 Å². The predicted octanol–water partition coefficient (Wildman–Crippen LogP) is -0.0858. The monoisotopic (exact) mass is 259 g/mol. The normalized spacial score (nSPS) is 19.3. The number of halogens is 1. The van der Waals surface area contributed by atoms with E-state index >= 15 is 0 Å². The molecule has 0 amide bonds. The largest absolute Gasteiger partial charge is 0.354 e. The van der Waals surface area contributed by atoms with Crippen molar-refractivity contribution in [3.63, 3.8) is 0 Å². The van der Waals surface area contributed by atoms with Gasteiger partial charge >= 0.3 is 0 Å². The molecule has 1 aliphatic rings. The molecule has 0 atom stereocenters. The molecule has 1 fully saturated rings. The molecule has 2 N–H and O–H groups in total. The van der Waals surface area contributed by atoms with Gasteiger partial charge in [0.05, 0.1) is 17.7 Å². The van der Waals surface area contributed by atoms with Gasteiger partial charge in [0.2, 0.25) is 0 Å². The number of nitrogens with two attached hydrogens (primary N) is 1. The van der Waals surface area contributed by atoms with Crippen LogP contribution >= 0.6 is 0 Å². The molecule has 0 radical (unpaired) electrons. The number of nitrogens with zero attached hydrogens (tertiary/aromatic N) is 2. The Morgan fingerprint density at radius 3 is 2.65 bits per heavy atom. The van der Waals surface area contributed by atoms with E-state index in [1.807, 2.05) is 4.90 Å². The van der Waals surface area contributed by atoms with Crippen LogP contribution in [-0.4, -0.2) is 38.0 Å². The van der Waals surface area contributed by atoms with Crippen molar-refractivity contribution >= 4 is 15.7 Å². The fourth-order valence-electron chi connectivity index (χ4n) is 1.83. The van der Waals surface area contributed by atoms with Crippen LogP contribution in [0.4, 0.5) is 10.2 Å². The van der Waals surface area contributed by atoms with Crippen LogP contribution in [0.1, 0.15) is 5.56 Å². The third-order valence-corrected chi connectivity index (χ3v) is 4.38. The van der Waals surface area contributed by atoms with Gasteiger partial charge in [-0.25, -0.2) is 17.8 Å². The minimum atomic E-state index is -2.93. The molecular formula is C10H14FN3O2S. The molecule has 0 saturated carbocycles. The molecule has 1 aromatic heterocycles. The van der Waals surface area contributed by atoms with E-state index in [4.69, 9.17) is 5.73 Å². The molecule has 1 aliphatic heterocycles. The number of hydrogen-bond donors (Lipinski definition) is 1. The van der Waals surface area contributed by atoms with Crippen LogP contribution in [0.25, 0.3) is 0 Å². The maximum atomic E-state index is 13.0. The molecule has 7 heteroatoms.